The number of ketones is 1. The molecule has 7 heteroatoms. The molecule has 2 aliphatic rings. The number of aromatic nitrogens is 3. The van der Waals surface area contributed by atoms with Crippen molar-refractivity contribution in [2.45, 2.75) is 24.8 Å². The van der Waals surface area contributed by atoms with Gasteiger partial charge in [0, 0.05) is 28.5 Å². The van der Waals surface area contributed by atoms with Crippen molar-refractivity contribution < 1.29 is 9.53 Å². The first-order chi connectivity index (χ1) is 15.8. The number of allylic oxidation sites excluding steroid dienone is 2. The summed E-state index contributed by atoms with van der Waals surface area (Å²) in [6, 6.07) is 21.4. The van der Waals surface area contributed by atoms with Crippen LogP contribution in [-0.4, -0.2) is 20.5 Å². The summed E-state index contributed by atoms with van der Waals surface area (Å²) >= 11 is 1.71. The highest BCUT2D eigenvalue weighted by molar-refractivity contribution is 7.10. The van der Waals surface area contributed by atoms with E-state index in [0.29, 0.717) is 12.4 Å². The molecule has 0 spiro atoms. The number of Topliss-reactive ketones (excluding diaryl/α,β-unsaturated/α-hetero) is 1. The van der Waals surface area contributed by atoms with Crippen LogP contribution >= 0.6 is 11.3 Å². The maximum atomic E-state index is 13.4. The maximum Gasteiger partial charge on any atom is 0.226 e. The third kappa shape index (κ3) is 3.31. The Bertz CT molecular complexity index is 1310. The highest BCUT2D eigenvalue weighted by Crippen LogP contribution is 2.45. The van der Waals surface area contributed by atoms with E-state index in [2.05, 4.69) is 26.8 Å². The van der Waals surface area contributed by atoms with Crippen molar-refractivity contribution in [2.24, 2.45) is 0 Å². The van der Waals surface area contributed by atoms with Gasteiger partial charge >= 0.3 is 0 Å². The van der Waals surface area contributed by atoms with Crippen molar-refractivity contribution in [2.75, 3.05) is 5.32 Å². The first-order valence-corrected chi connectivity index (χ1v) is 11.4. The zero-order valence-corrected chi connectivity index (χ0v) is 18.0. The Morgan fingerprint density at radius 3 is 2.72 bits per heavy atom. The number of nitrogens with zero attached hydrogens (tertiary/aromatic N) is 3. The van der Waals surface area contributed by atoms with Crippen molar-refractivity contribution in [3.8, 4) is 11.5 Å². The monoisotopic (exact) mass is 440 g/mol. The van der Waals surface area contributed by atoms with E-state index >= 15 is 0 Å². The summed E-state index contributed by atoms with van der Waals surface area (Å²) in [6.07, 6.45) is 2.81. The molecule has 2 aromatic heterocycles. The molecule has 0 bridgehead atoms. The number of carbonyl (C=O) groups is 1. The predicted octanol–water partition coefficient (Wildman–Crippen LogP) is 5.55. The minimum Gasteiger partial charge on any atom is -0.457 e. The van der Waals surface area contributed by atoms with Gasteiger partial charge < -0.3 is 10.1 Å². The van der Waals surface area contributed by atoms with E-state index in [0.717, 1.165) is 34.8 Å². The summed E-state index contributed by atoms with van der Waals surface area (Å²) in [5.41, 5.74) is 2.66. The molecule has 2 aromatic carbocycles. The third-order valence-electron chi connectivity index (χ3n) is 5.96. The number of para-hydroxylation sites is 1. The molecule has 2 atom stereocenters. The number of rotatable bonds is 4. The van der Waals surface area contributed by atoms with E-state index in [1.165, 1.54) is 11.2 Å². The predicted molar refractivity (Wildman–Crippen MR) is 123 cm³/mol. The van der Waals surface area contributed by atoms with Crippen molar-refractivity contribution in [1.29, 1.82) is 0 Å². The molecule has 0 saturated heterocycles. The summed E-state index contributed by atoms with van der Waals surface area (Å²) in [5, 5.41) is 9.88. The Kier molecular flexibility index (Phi) is 4.61. The zero-order chi connectivity index (χ0) is 21.5. The molecule has 1 N–H and O–H groups in total. The lowest BCUT2D eigenvalue weighted by molar-refractivity contribution is -0.116. The number of benzene rings is 2. The van der Waals surface area contributed by atoms with E-state index < -0.39 is 0 Å². The average Bonchev–Trinajstić information content (AvgIpc) is 3.51. The second-order valence-corrected chi connectivity index (χ2v) is 8.96. The van der Waals surface area contributed by atoms with E-state index in [1.54, 1.807) is 16.0 Å². The van der Waals surface area contributed by atoms with Gasteiger partial charge in [0.2, 0.25) is 5.95 Å². The van der Waals surface area contributed by atoms with Crippen LogP contribution in [0.3, 0.4) is 0 Å². The van der Waals surface area contributed by atoms with Crippen LogP contribution in [0.2, 0.25) is 0 Å². The van der Waals surface area contributed by atoms with Crippen LogP contribution in [0.5, 0.6) is 11.5 Å². The van der Waals surface area contributed by atoms with Gasteiger partial charge in [0.25, 0.3) is 0 Å². The van der Waals surface area contributed by atoms with Gasteiger partial charge in [-0.15, -0.1) is 11.3 Å². The summed E-state index contributed by atoms with van der Waals surface area (Å²) in [4.78, 5) is 19.1. The molecule has 6 rings (SSSR count). The zero-order valence-electron chi connectivity index (χ0n) is 17.1. The van der Waals surface area contributed by atoms with Gasteiger partial charge in [0.15, 0.2) is 5.78 Å². The lowest BCUT2D eigenvalue weighted by Gasteiger charge is -2.34. The molecular formula is C25H20N4O2S. The van der Waals surface area contributed by atoms with Crippen LogP contribution < -0.4 is 10.1 Å². The van der Waals surface area contributed by atoms with Crippen LogP contribution in [0.25, 0.3) is 0 Å². The lowest BCUT2D eigenvalue weighted by atomic mass is 9.80. The van der Waals surface area contributed by atoms with E-state index in [4.69, 9.17) is 4.74 Å². The molecule has 0 amide bonds. The van der Waals surface area contributed by atoms with Crippen molar-refractivity contribution in [3.05, 3.63) is 100 Å². The van der Waals surface area contributed by atoms with Gasteiger partial charge in [0.05, 0.1) is 0 Å². The fourth-order valence-corrected chi connectivity index (χ4v) is 5.39. The number of hydrogen-bond donors (Lipinski definition) is 1. The molecule has 158 valence electrons. The largest absolute Gasteiger partial charge is 0.457 e. The smallest absolute Gasteiger partial charge is 0.226 e. The normalized spacial score (nSPS) is 19.8. The molecule has 1 aliphatic carbocycles. The first-order valence-electron chi connectivity index (χ1n) is 10.6. The number of fused-ring (bicyclic) bond motifs is 1. The summed E-state index contributed by atoms with van der Waals surface area (Å²) in [6.45, 7) is 0. The third-order valence-corrected chi connectivity index (χ3v) is 6.99. The van der Waals surface area contributed by atoms with E-state index in [1.807, 2.05) is 60.7 Å². The summed E-state index contributed by atoms with van der Waals surface area (Å²) in [5.74, 6) is 2.48. The fourth-order valence-electron chi connectivity index (χ4n) is 4.56. The van der Waals surface area contributed by atoms with Crippen LogP contribution in [0.4, 0.5) is 5.95 Å². The molecule has 32 heavy (non-hydrogen) atoms. The Morgan fingerprint density at radius 1 is 1.00 bits per heavy atom. The first kappa shape index (κ1) is 19.0. The van der Waals surface area contributed by atoms with Gasteiger partial charge in [-0.05, 0) is 47.7 Å². The molecule has 0 fully saturated rings. The molecule has 0 radical (unpaired) electrons. The second kappa shape index (κ2) is 7.76. The summed E-state index contributed by atoms with van der Waals surface area (Å²) < 4.78 is 7.84. The van der Waals surface area contributed by atoms with Crippen LogP contribution in [0.15, 0.2) is 89.7 Å². The molecule has 4 aromatic rings. The van der Waals surface area contributed by atoms with Crippen LogP contribution in [-0.2, 0) is 4.79 Å². The summed E-state index contributed by atoms with van der Waals surface area (Å²) in [7, 11) is 0. The number of hydrogen-bond acceptors (Lipinski definition) is 6. The fraction of sp³-hybridized carbons (Fsp3) is 0.160. The van der Waals surface area contributed by atoms with Gasteiger partial charge in [0.1, 0.15) is 23.9 Å². The number of nitrogens with one attached hydrogen (secondary N) is 1. The van der Waals surface area contributed by atoms with Gasteiger partial charge in [-0.2, -0.15) is 10.1 Å². The Labute approximate surface area is 189 Å². The van der Waals surface area contributed by atoms with Crippen LogP contribution in [0, 0.1) is 0 Å². The topological polar surface area (TPSA) is 69.0 Å². The van der Waals surface area contributed by atoms with Crippen molar-refractivity contribution >= 4 is 23.1 Å². The molecule has 1 aliphatic heterocycles. The molecular weight excluding hydrogens is 420 g/mol. The minimum atomic E-state index is -0.333. The highest BCUT2D eigenvalue weighted by Gasteiger charge is 2.39. The average molecular weight is 441 g/mol. The molecule has 0 unspecified atom stereocenters. The van der Waals surface area contributed by atoms with Crippen molar-refractivity contribution in [3.63, 3.8) is 0 Å². The highest BCUT2D eigenvalue weighted by atomic mass is 32.1. The lowest BCUT2D eigenvalue weighted by Crippen LogP contribution is -2.33. The molecule has 0 saturated carbocycles. The SMILES string of the molecule is O=C1C[C@H](c2cccs2)CC2=C1[C@@H](c1cccc(Oc3ccccc3)c1)n1ncnc1N2. The number of carbonyl (C=O) groups excluding carboxylic acids is 1. The van der Waals surface area contributed by atoms with Gasteiger partial charge in [-0.3, -0.25) is 4.79 Å². The number of anilines is 1. The van der Waals surface area contributed by atoms with Gasteiger partial charge in [-0.1, -0.05) is 36.4 Å². The minimum absolute atomic E-state index is 0.151. The Hall–Kier alpha value is -3.71. The van der Waals surface area contributed by atoms with Gasteiger partial charge in [-0.25, -0.2) is 4.68 Å². The molecule has 6 nitrogen and oxygen atoms in total. The Morgan fingerprint density at radius 2 is 1.88 bits per heavy atom. The molecule has 3 heterocycles. The Balaban J connectivity index is 1.40. The number of ether oxygens (including phenoxy) is 1. The van der Waals surface area contributed by atoms with Crippen LogP contribution in [0.1, 0.15) is 35.2 Å². The maximum absolute atomic E-state index is 13.4. The quantitative estimate of drug-likeness (QED) is 0.451. The van der Waals surface area contributed by atoms with E-state index in [-0.39, 0.29) is 17.7 Å². The van der Waals surface area contributed by atoms with E-state index in [9.17, 15) is 4.79 Å². The second-order valence-electron chi connectivity index (χ2n) is 7.98. The standard InChI is InChI=1S/C25H20N4O2S/c30-21-14-17(22-10-5-11-32-22)13-20-23(21)24(29-25(28-20)26-15-27-29)16-6-4-9-19(12-16)31-18-7-2-1-3-8-18/h1-12,15,17,24H,13-14H2,(H,26,27,28)/t17-,24-/m1/s1. The van der Waals surface area contributed by atoms with Crippen molar-refractivity contribution in [1.82, 2.24) is 14.8 Å². The number of thiophene rings is 1.